The van der Waals surface area contributed by atoms with E-state index in [9.17, 15) is 26.0 Å². The Morgan fingerprint density at radius 3 is 2.67 bits per heavy atom. The lowest BCUT2D eigenvalue weighted by Crippen LogP contribution is -2.41. The van der Waals surface area contributed by atoms with Gasteiger partial charge in [-0.25, -0.2) is 12.8 Å². The maximum atomic E-state index is 13.4. The Hall–Kier alpha value is -1.39. The zero-order valence-corrected chi connectivity index (χ0v) is 13.4. The van der Waals surface area contributed by atoms with Crippen LogP contribution in [0.3, 0.4) is 0 Å². The molecule has 0 aliphatic carbocycles. The summed E-state index contributed by atoms with van der Waals surface area (Å²) in [6.45, 7) is 0.368. The van der Waals surface area contributed by atoms with Gasteiger partial charge in [-0.2, -0.15) is 13.2 Å². The van der Waals surface area contributed by atoms with Crippen LogP contribution in [-0.2, 0) is 14.6 Å². The number of nitrogens with zero attached hydrogens (tertiary/aromatic N) is 1. The number of benzene rings is 1. The predicted octanol–water partition coefficient (Wildman–Crippen LogP) is 2.10. The van der Waals surface area contributed by atoms with Gasteiger partial charge in [-0.3, -0.25) is 0 Å². The summed E-state index contributed by atoms with van der Waals surface area (Å²) in [5.41, 5.74) is -5.72. The Morgan fingerprint density at radius 2 is 2.04 bits per heavy atom. The van der Waals surface area contributed by atoms with Crippen molar-refractivity contribution in [1.29, 1.82) is 0 Å². The third-order valence-electron chi connectivity index (χ3n) is 3.68. The van der Waals surface area contributed by atoms with Gasteiger partial charge in [0.1, 0.15) is 10.7 Å². The zero-order chi connectivity index (χ0) is 18.0. The van der Waals surface area contributed by atoms with Gasteiger partial charge < -0.3 is 14.7 Å². The molecular weight excluding hydrogens is 354 g/mol. The van der Waals surface area contributed by atoms with Gasteiger partial charge in [0.2, 0.25) is 0 Å². The van der Waals surface area contributed by atoms with Crippen molar-refractivity contribution < 1.29 is 35.8 Å². The topological polar surface area (TPSA) is 66.8 Å². The Bertz CT molecular complexity index is 678. The minimum atomic E-state index is -5.68. The first kappa shape index (κ1) is 18.9. The summed E-state index contributed by atoms with van der Waals surface area (Å²) in [5, 5.41) is 8.77. The molecule has 136 valence electrons. The molecular formula is C14H17F4NO4S. The molecule has 1 aromatic rings. The summed E-state index contributed by atoms with van der Waals surface area (Å²) in [6, 6.07) is 2.33. The van der Waals surface area contributed by atoms with Crippen molar-refractivity contribution in [3.05, 3.63) is 24.0 Å². The molecule has 1 heterocycles. The maximum Gasteiger partial charge on any atom is 0.501 e. The average Bonchev–Trinajstić information content (AvgIpc) is 2.52. The van der Waals surface area contributed by atoms with Crippen LogP contribution in [0, 0.1) is 5.82 Å². The number of halogens is 4. The summed E-state index contributed by atoms with van der Waals surface area (Å²) < 4.78 is 80.8. The van der Waals surface area contributed by atoms with Gasteiger partial charge in [0.05, 0.1) is 25.0 Å². The highest BCUT2D eigenvalue weighted by atomic mass is 32.2. The predicted molar refractivity (Wildman–Crippen MR) is 77.9 cm³/mol. The Labute approximate surface area is 136 Å². The molecule has 10 heteroatoms. The van der Waals surface area contributed by atoms with Crippen LogP contribution in [0.1, 0.15) is 12.8 Å². The second kappa shape index (κ2) is 7.24. The van der Waals surface area contributed by atoms with Gasteiger partial charge in [0, 0.05) is 13.1 Å². The number of sulfone groups is 1. The summed E-state index contributed by atoms with van der Waals surface area (Å²) >= 11 is 0. The standard InChI is InChI=1S/C14H17F4NO4S/c15-10-3-4-12(13(8-10)24(21,22)14(16,17)18)19-5-1-2-11(9-19)23-7-6-20/h3-4,8,11,20H,1-2,5-7,9H2. The number of hydrogen-bond acceptors (Lipinski definition) is 5. The van der Waals surface area contributed by atoms with Crippen LogP contribution in [0.15, 0.2) is 23.1 Å². The Kier molecular flexibility index (Phi) is 5.71. The van der Waals surface area contributed by atoms with E-state index in [1.807, 2.05) is 0 Å². The van der Waals surface area contributed by atoms with Crippen molar-refractivity contribution in [3.63, 3.8) is 0 Å². The lowest BCUT2D eigenvalue weighted by Gasteiger charge is -2.35. The fourth-order valence-corrected chi connectivity index (χ4v) is 3.59. The molecule has 1 aromatic carbocycles. The van der Waals surface area contributed by atoms with Crippen LogP contribution in [0.4, 0.5) is 23.2 Å². The van der Waals surface area contributed by atoms with Gasteiger partial charge in [0.25, 0.3) is 9.84 Å². The first-order chi connectivity index (χ1) is 11.2. The lowest BCUT2D eigenvalue weighted by molar-refractivity contribution is -0.0435. The quantitative estimate of drug-likeness (QED) is 0.803. The first-order valence-electron chi connectivity index (χ1n) is 7.25. The maximum absolute atomic E-state index is 13.4. The fraction of sp³-hybridized carbons (Fsp3) is 0.571. The number of aliphatic hydroxyl groups is 1. The summed E-state index contributed by atoms with van der Waals surface area (Å²) in [4.78, 5) is 0.335. The average molecular weight is 371 g/mol. The Morgan fingerprint density at radius 1 is 1.33 bits per heavy atom. The van der Waals surface area contributed by atoms with Crippen molar-refractivity contribution in [2.75, 3.05) is 31.2 Å². The molecule has 1 N–H and O–H groups in total. The van der Waals surface area contributed by atoms with Crippen molar-refractivity contribution in [2.45, 2.75) is 29.3 Å². The molecule has 24 heavy (non-hydrogen) atoms. The molecule has 5 nitrogen and oxygen atoms in total. The number of anilines is 1. The van der Waals surface area contributed by atoms with E-state index in [4.69, 9.17) is 9.84 Å². The summed E-state index contributed by atoms with van der Waals surface area (Å²) in [7, 11) is -5.68. The van der Waals surface area contributed by atoms with Crippen LogP contribution in [0.25, 0.3) is 0 Å². The van der Waals surface area contributed by atoms with E-state index in [2.05, 4.69) is 0 Å². The molecule has 0 aromatic heterocycles. The molecule has 2 rings (SSSR count). The summed E-state index contributed by atoms with van der Waals surface area (Å²) in [5.74, 6) is -1.06. The molecule has 0 amide bonds. The second-order valence-electron chi connectivity index (χ2n) is 5.37. The van der Waals surface area contributed by atoms with Crippen molar-refractivity contribution in [3.8, 4) is 0 Å². The number of alkyl halides is 3. The minimum Gasteiger partial charge on any atom is -0.394 e. The van der Waals surface area contributed by atoms with E-state index in [1.165, 1.54) is 4.90 Å². The smallest absolute Gasteiger partial charge is 0.394 e. The molecule has 1 fully saturated rings. The first-order valence-corrected chi connectivity index (χ1v) is 8.73. The minimum absolute atomic E-state index is 0.0790. The Balaban J connectivity index is 2.37. The molecule has 0 radical (unpaired) electrons. The number of rotatable bonds is 5. The summed E-state index contributed by atoms with van der Waals surface area (Å²) in [6.07, 6.45) is 0.857. The molecule has 1 saturated heterocycles. The number of piperidine rings is 1. The van der Waals surface area contributed by atoms with Crippen LogP contribution in [0.2, 0.25) is 0 Å². The van der Waals surface area contributed by atoms with E-state index in [0.717, 1.165) is 12.1 Å². The van der Waals surface area contributed by atoms with Gasteiger partial charge in [-0.15, -0.1) is 0 Å². The third kappa shape index (κ3) is 3.98. The highest BCUT2D eigenvalue weighted by Crippen LogP contribution is 2.37. The van der Waals surface area contributed by atoms with Gasteiger partial charge in [-0.05, 0) is 31.0 Å². The van der Waals surface area contributed by atoms with E-state index in [0.29, 0.717) is 25.5 Å². The van der Waals surface area contributed by atoms with E-state index < -0.39 is 26.1 Å². The van der Waals surface area contributed by atoms with Crippen molar-refractivity contribution >= 4 is 15.5 Å². The van der Waals surface area contributed by atoms with Gasteiger partial charge >= 0.3 is 5.51 Å². The molecule has 0 bridgehead atoms. The van der Waals surface area contributed by atoms with Crippen LogP contribution < -0.4 is 4.90 Å². The van der Waals surface area contributed by atoms with Crippen molar-refractivity contribution in [2.24, 2.45) is 0 Å². The number of aliphatic hydroxyl groups excluding tert-OH is 1. The molecule has 1 aliphatic heterocycles. The van der Waals surface area contributed by atoms with Gasteiger partial charge in [0.15, 0.2) is 0 Å². The molecule has 0 saturated carbocycles. The molecule has 1 unspecified atom stereocenters. The highest BCUT2D eigenvalue weighted by molar-refractivity contribution is 7.92. The third-order valence-corrected chi connectivity index (χ3v) is 5.20. The largest absolute Gasteiger partial charge is 0.501 e. The number of hydrogen-bond donors (Lipinski definition) is 1. The second-order valence-corrected chi connectivity index (χ2v) is 7.28. The van der Waals surface area contributed by atoms with E-state index >= 15 is 0 Å². The fourth-order valence-electron chi connectivity index (χ4n) is 2.60. The van der Waals surface area contributed by atoms with Crippen molar-refractivity contribution in [1.82, 2.24) is 0 Å². The lowest BCUT2D eigenvalue weighted by atomic mass is 10.1. The monoisotopic (exact) mass is 371 g/mol. The van der Waals surface area contributed by atoms with Crippen LogP contribution >= 0.6 is 0 Å². The normalized spacial score (nSPS) is 19.5. The number of ether oxygens (including phenoxy) is 1. The highest BCUT2D eigenvalue weighted by Gasteiger charge is 2.48. The van der Waals surface area contributed by atoms with Gasteiger partial charge in [-0.1, -0.05) is 0 Å². The zero-order valence-electron chi connectivity index (χ0n) is 12.6. The molecule has 0 spiro atoms. The van der Waals surface area contributed by atoms with E-state index in [1.54, 1.807) is 0 Å². The molecule has 1 aliphatic rings. The van der Waals surface area contributed by atoms with E-state index in [-0.39, 0.29) is 31.5 Å². The SMILES string of the molecule is O=S(=O)(c1cc(F)ccc1N1CCCC(OCCO)C1)C(F)(F)F. The van der Waals surface area contributed by atoms with Crippen LogP contribution in [0.5, 0.6) is 0 Å². The van der Waals surface area contributed by atoms with Crippen LogP contribution in [-0.4, -0.2) is 51.4 Å². The molecule has 1 atom stereocenters.